The Morgan fingerprint density at radius 3 is 2.80 bits per heavy atom. The second-order valence-corrected chi connectivity index (χ2v) is 3.89. The zero-order valence-corrected chi connectivity index (χ0v) is 10.3. The molecule has 1 heterocycles. The number of nitrogens with zero attached hydrogens (tertiary/aromatic N) is 3. The molecule has 100 valence electrons. The number of aromatic nitrogens is 1. The number of ether oxygens (including phenoxy) is 1. The van der Waals surface area contributed by atoms with Gasteiger partial charge in [0.1, 0.15) is 17.4 Å². The molecule has 0 aliphatic carbocycles. The van der Waals surface area contributed by atoms with Crippen molar-refractivity contribution in [1.82, 2.24) is 4.98 Å². The quantitative estimate of drug-likeness (QED) is 0.633. The Morgan fingerprint density at radius 2 is 2.15 bits per heavy atom. The Balaban J connectivity index is 2.48. The van der Waals surface area contributed by atoms with Gasteiger partial charge in [0.25, 0.3) is 0 Å². The molecule has 2 aromatic rings. The Kier molecular flexibility index (Phi) is 3.57. The van der Waals surface area contributed by atoms with Gasteiger partial charge in [-0.15, -0.1) is 0 Å². The van der Waals surface area contributed by atoms with E-state index in [4.69, 9.17) is 10.00 Å². The first-order valence-corrected chi connectivity index (χ1v) is 5.51. The number of rotatable bonds is 3. The molecule has 0 aliphatic heterocycles. The minimum Gasteiger partial charge on any atom is -0.430 e. The highest BCUT2D eigenvalue weighted by Gasteiger charge is 2.19. The fourth-order valence-electron chi connectivity index (χ4n) is 1.52. The number of pyridine rings is 1. The van der Waals surface area contributed by atoms with Crippen molar-refractivity contribution >= 4 is 5.69 Å². The molecule has 0 radical (unpaired) electrons. The third-order valence-electron chi connectivity index (χ3n) is 2.44. The molecule has 7 heteroatoms. The summed E-state index contributed by atoms with van der Waals surface area (Å²) in [6.45, 7) is 1.69. The molecular formula is C13H8FN3O3. The smallest absolute Gasteiger partial charge is 0.314 e. The third-order valence-corrected chi connectivity index (χ3v) is 2.44. The molecule has 6 nitrogen and oxygen atoms in total. The van der Waals surface area contributed by atoms with Crippen molar-refractivity contribution in [1.29, 1.82) is 5.26 Å². The molecule has 0 amide bonds. The Labute approximate surface area is 113 Å². The van der Waals surface area contributed by atoms with Crippen molar-refractivity contribution in [3.63, 3.8) is 0 Å². The molecule has 0 bridgehead atoms. The second kappa shape index (κ2) is 5.32. The molecule has 0 unspecified atom stereocenters. The summed E-state index contributed by atoms with van der Waals surface area (Å²) in [6, 6.07) is 7.88. The van der Waals surface area contributed by atoms with Gasteiger partial charge in [-0.3, -0.25) is 10.1 Å². The number of benzene rings is 1. The molecule has 1 aromatic carbocycles. The first-order chi connectivity index (χ1) is 9.51. The highest BCUT2D eigenvalue weighted by Crippen LogP contribution is 2.32. The van der Waals surface area contributed by atoms with Crippen molar-refractivity contribution in [2.45, 2.75) is 6.92 Å². The van der Waals surface area contributed by atoms with Crippen LogP contribution in [0.25, 0.3) is 0 Å². The number of halogens is 1. The highest BCUT2D eigenvalue weighted by molar-refractivity contribution is 5.50. The largest absolute Gasteiger partial charge is 0.430 e. The third kappa shape index (κ3) is 2.70. The predicted molar refractivity (Wildman–Crippen MR) is 66.8 cm³/mol. The van der Waals surface area contributed by atoms with Gasteiger partial charge in [0.2, 0.25) is 11.6 Å². The number of hydrogen-bond acceptors (Lipinski definition) is 5. The van der Waals surface area contributed by atoms with Gasteiger partial charge in [0, 0.05) is 5.69 Å². The number of nitro benzene ring substituents is 1. The number of nitriles is 1. The minimum atomic E-state index is -0.764. The lowest BCUT2D eigenvalue weighted by Gasteiger charge is -2.07. The predicted octanol–water partition coefficient (Wildman–Crippen LogP) is 3.10. The van der Waals surface area contributed by atoms with Gasteiger partial charge in [-0.05, 0) is 31.2 Å². The molecule has 0 aliphatic rings. The average molecular weight is 273 g/mol. The molecule has 0 saturated heterocycles. The molecule has 20 heavy (non-hydrogen) atoms. The van der Waals surface area contributed by atoms with E-state index in [1.165, 1.54) is 6.07 Å². The van der Waals surface area contributed by atoms with Crippen LogP contribution in [0, 0.1) is 34.2 Å². The molecule has 0 saturated carbocycles. The highest BCUT2D eigenvalue weighted by atomic mass is 19.1. The summed E-state index contributed by atoms with van der Waals surface area (Å²) in [5, 5.41) is 19.8. The molecular weight excluding hydrogens is 265 g/mol. The summed E-state index contributed by atoms with van der Waals surface area (Å²) in [5.41, 5.74) is 0.190. The van der Waals surface area contributed by atoms with Crippen molar-refractivity contribution < 1.29 is 14.1 Å². The van der Waals surface area contributed by atoms with E-state index in [1.807, 2.05) is 6.07 Å². The maximum Gasteiger partial charge on any atom is 0.314 e. The van der Waals surface area contributed by atoms with Crippen LogP contribution >= 0.6 is 0 Å². The average Bonchev–Trinajstić information content (AvgIpc) is 2.41. The van der Waals surface area contributed by atoms with E-state index < -0.39 is 16.4 Å². The van der Waals surface area contributed by atoms with E-state index in [0.717, 1.165) is 18.2 Å². The van der Waals surface area contributed by atoms with E-state index in [-0.39, 0.29) is 17.2 Å². The maximum absolute atomic E-state index is 13.0. The zero-order chi connectivity index (χ0) is 14.7. The van der Waals surface area contributed by atoms with Crippen molar-refractivity contribution in [2.75, 3.05) is 0 Å². The fourth-order valence-corrected chi connectivity index (χ4v) is 1.52. The normalized spacial score (nSPS) is 9.85. The number of nitro groups is 1. The summed E-state index contributed by atoms with van der Waals surface area (Å²) in [4.78, 5) is 14.1. The van der Waals surface area contributed by atoms with Crippen molar-refractivity contribution in [3.05, 3.63) is 57.5 Å². The lowest BCUT2D eigenvalue weighted by molar-refractivity contribution is -0.385. The summed E-state index contributed by atoms with van der Waals surface area (Å²) < 4.78 is 18.3. The van der Waals surface area contributed by atoms with Crippen molar-refractivity contribution in [2.24, 2.45) is 0 Å². The van der Waals surface area contributed by atoms with Crippen LogP contribution in [0.1, 0.15) is 11.3 Å². The topological polar surface area (TPSA) is 89.0 Å². The van der Waals surface area contributed by atoms with Crippen LogP contribution in [0.4, 0.5) is 10.1 Å². The van der Waals surface area contributed by atoms with E-state index in [9.17, 15) is 14.5 Å². The number of aryl methyl sites for hydroxylation is 1. The Bertz CT molecular complexity index is 725. The Morgan fingerprint density at radius 1 is 1.40 bits per heavy atom. The van der Waals surface area contributed by atoms with Gasteiger partial charge < -0.3 is 4.74 Å². The molecule has 0 fully saturated rings. The standard InChI is InChI=1S/C13H8FN3O3/c1-8-2-3-9(7-15)13(16-8)20-12-5-4-10(14)6-11(12)17(18)19/h2-6H,1H3. The van der Waals surface area contributed by atoms with Crippen LogP contribution in [0.5, 0.6) is 11.6 Å². The monoisotopic (exact) mass is 273 g/mol. The first-order valence-electron chi connectivity index (χ1n) is 5.51. The van der Waals surface area contributed by atoms with E-state index in [0.29, 0.717) is 5.69 Å². The lowest BCUT2D eigenvalue weighted by atomic mass is 10.2. The van der Waals surface area contributed by atoms with E-state index >= 15 is 0 Å². The molecule has 2 rings (SSSR count). The maximum atomic E-state index is 13.0. The van der Waals surface area contributed by atoms with Crippen LogP contribution in [0.3, 0.4) is 0 Å². The SMILES string of the molecule is Cc1ccc(C#N)c(Oc2ccc(F)cc2[N+](=O)[O-])n1. The van der Waals surface area contributed by atoms with Crippen LogP contribution < -0.4 is 4.74 Å². The van der Waals surface area contributed by atoms with Gasteiger partial charge in [0.05, 0.1) is 11.0 Å². The van der Waals surface area contributed by atoms with E-state index in [2.05, 4.69) is 4.98 Å². The van der Waals surface area contributed by atoms with Crippen molar-refractivity contribution in [3.8, 4) is 17.7 Å². The molecule has 0 atom stereocenters. The minimum absolute atomic E-state index is 0.0535. The Hall–Kier alpha value is -3.01. The van der Waals surface area contributed by atoms with Gasteiger partial charge >= 0.3 is 5.69 Å². The molecule has 1 aromatic heterocycles. The molecule has 0 N–H and O–H groups in total. The van der Waals surface area contributed by atoms with Crippen LogP contribution in [-0.2, 0) is 0 Å². The summed E-state index contributed by atoms with van der Waals surface area (Å²) in [5.74, 6) is -0.977. The fraction of sp³-hybridized carbons (Fsp3) is 0.0769. The first kappa shape index (κ1) is 13.4. The van der Waals surface area contributed by atoms with Gasteiger partial charge in [-0.1, -0.05) is 0 Å². The van der Waals surface area contributed by atoms with Crippen LogP contribution in [0.15, 0.2) is 30.3 Å². The summed E-state index contributed by atoms with van der Waals surface area (Å²) in [7, 11) is 0. The lowest BCUT2D eigenvalue weighted by Crippen LogP contribution is -1.98. The van der Waals surface area contributed by atoms with Gasteiger partial charge in [-0.25, -0.2) is 9.37 Å². The van der Waals surface area contributed by atoms with E-state index in [1.54, 1.807) is 13.0 Å². The van der Waals surface area contributed by atoms with Gasteiger partial charge in [0.15, 0.2) is 0 Å². The second-order valence-electron chi connectivity index (χ2n) is 3.89. The zero-order valence-electron chi connectivity index (χ0n) is 10.3. The number of hydrogen-bond donors (Lipinski definition) is 0. The van der Waals surface area contributed by atoms with Crippen LogP contribution in [0.2, 0.25) is 0 Å². The van der Waals surface area contributed by atoms with Crippen LogP contribution in [-0.4, -0.2) is 9.91 Å². The molecule has 0 spiro atoms. The van der Waals surface area contributed by atoms with Gasteiger partial charge in [-0.2, -0.15) is 5.26 Å². The summed E-state index contributed by atoms with van der Waals surface area (Å²) in [6.07, 6.45) is 0. The summed E-state index contributed by atoms with van der Waals surface area (Å²) >= 11 is 0.